The van der Waals surface area contributed by atoms with E-state index in [1.165, 1.54) is 25.3 Å². The van der Waals surface area contributed by atoms with Gasteiger partial charge in [-0.3, -0.25) is 4.79 Å². The van der Waals surface area contributed by atoms with Crippen LogP contribution in [0, 0.1) is 5.92 Å². The van der Waals surface area contributed by atoms with Crippen molar-refractivity contribution in [2.45, 2.75) is 43.9 Å². The van der Waals surface area contributed by atoms with E-state index in [1.54, 1.807) is 12.1 Å². The minimum Gasteiger partial charge on any atom is -0.352 e. The quantitative estimate of drug-likeness (QED) is 0.816. The monoisotopic (exact) mass is 329 g/mol. The number of halogens is 1. The highest BCUT2D eigenvalue weighted by molar-refractivity contribution is 8.13. The third-order valence-electron chi connectivity index (χ3n) is 4.04. The number of benzene rings is 1. The summed E-state index contributed by atoms with van der Waals surface area (Å²) in [6.07, 6.45) is 5.31. The van der Waals surface area contributed by atoms with Crippen LogP contribution in [0.15, 0.2) is 23.1 Å². The summed E-state index contributed by atoms with van der Waals surface area (Å²) < 4.78 is 23.1. The van der Waals surface area contributed by atoms with Gasteiger partial charge in [0.2, 0.25) is 0 Å². The molecule has 2 rings (SSSR count). The first-order valence-electron chi connectivity index (χ1n) is 7.27. The van der Waals surface area contributed by atoms with Crippen molar-refractivity contribution in [3.8, 4) is 0 Å². The van der Waals surface area contributed by atoms with E-state index in [2.05, 4.69) is 5.32 Å². The predicted molar refractivity (Wildman–Crippen MR) is 83.2 cm³/mol. The Morgan fingerprint density at radius 2 is 2.10 bits per heavy atom. The normalized spacial score (nSPS) is 15.5. The van der Waals surface area contributed by atoms with Gasteiger partial charge in [-0.25, -0.2) is 8.42 Å². The van der Waals surface area contributed by atoms with Crippen LogP contribution in [0.2, 0.25) is 0 Å². The van der Waals surface area contributed by atoms with E-state index in [0.717, 1.165) is 12.3 Å². The molecule has 21 heavy (non-hydrogen) atoms. The standard InChI is InChI=1S/C15H20ClNO3S/c1-2-12-6-7-13(10-14(12)21(16,19)20)15(18)17-9-8-11-4-3-5-11/h6-7,10-11H,2-5,8-9H2,1H3,(H,17,18). The van der Waals surface area contributed by atoms with Crippen LogP contribution in [0.5, 0.6) is 0 Å². The first kappa shape index (κ1) is 16.3. The molecule has 1 aliphatic carbocycles. The predicted octanol–water partition coefficient (Wildman–Crippen LogP) is 3.10. The number of carbonyl (C=O) groups excluding carboxylic acids is 1. The molecule has 1 aromatic rings. The number of carbonyl (C=O) groups is 1. The third kappa shape index (κ3) is 4.20. The Morgan fingerprint density at radius 1 is 1.38 bits per heavy atom. The van der Waals surface area contributed by atoms with Gasteiger partial charge in [0.05, 0.1) is 4.90 Å². The summed E-state index contributed by atoms with van der Waals surface area (Å²) in [5.41, 5.74) is 0.955. The number of hydrogen-bond acceptors (Lipinski definition) is 3. The summed E-state index contributed by atoms with van der Waals surface area (Å²) in [7, 11) is 1.59. The van der Waals surface area contributed by atoms with Crippen LogP contribution in [0.3, 0.4) is 0 Å². The highest BCUT2D eigenvalue weighted by Crippen LogP contribution is 2.28. The fraction of sp³-hybridized carbons (Fsp3) is 0.533. The molecule has 1 saturated carbocycles. The van der Waals surface area contributed by atoms with Gasteiger partial charge in [0, 0.05) is 22.8 Å². The van der Waals surface area contributed by atoms with Crippen LogP contribution < -0.4 is 5.32 Å². The lowest BCUT2D eigenvalue weighted by Crippen LogP contribution is -2.27. The topological polar surface area (TPSA) is 63.2 Å². The van der Waals surface area contributed by atoms with Crippen LogP contribution in [0.25, 0.3) is 0 Å². The van der Waals surface area contributed by atoms with Crippen molar-refractivity contribution in [1.29, 1.82) is 0 Å². The van der Waals surface area contributed by atoms with Gasteiger partial charge in [0.15, 0.2) is 0 Å². The molecule has 0 spiro atoms. The van der Waals surface area contributed by atoms with Crippen LogP contribution in [-0.4, -0.2) is 20.9 Å². The summed E-state index contributed by atoms with van der Waals surface area (Å²) in [4.78, 5) is 12.1. The Labute approximate surface area is 130 Å². The number of aryl methyl sites for hydroxylation is 1. The summed E-state index contributed by atoms with van der Waals surface area (Å²) in [6.45, 7) is 2.47. The fourth-order valence-electron chi connectivity index (χ4n) is 2.49. The molecule has 0 unspecified atom stereocenters. The maximum atomic E-state index is 12.1. The number of nitrogens with one attached hydrogen (secondary N) is 1. The Hall–Kier alpha value is -1.07. The molecule has 1 fully saturated rings. The van der Waals surface area contributed by atoms with Crippen LogP contribution in [0.4, 0.5) is 0 Å². The SMILES string of the molecule is CCc1ccc(C(=O)NCCC2CCC2)cc1S(=O)(=O)Cl. The second-order valence-electron chi connectivity index (χ2n) is 5.46. The zero-order valence-corrected chi connectivity index (χ0v) is 13.6. The molecule has 0 saturated heterocycles. The van der Waals surface area contributed by atoms with Gasteiger partial charge < -0.3 is 5.32 Å². The van der Waals surface area contributed by atoms with Crippen molar-refractivity contribution < 1.29 is 13.2 Å². The second kappa shape index (κ2) is 6.79. The Kier molecular flexibility index (Phi) is 5.27. The molecular formula is C15H20ClNO3S. The minimum absolute atomic E-state index is 0.0262. The van der Waals surface area contributed by atoms with E-state index >= 15 is 0 Å². The number of rotatable bonds is 6. The van der Waals surface area contributed by atoms with Gasteiger partial charge in [-0.05, 0) is 36.5 Å². The molecule has 116 valence electrons. The van der Waals surface area contributed by atoms with Crippen LogP contribution in [-0.2, 0) is 15.5 Å². The molecule has 0 atom stereocenters. The molecule has 0 aliphatic heterocycles. The molecule has 0 aromatic heterocycles. The van der Waals surface area contributed by atoms with E-state index < -0.39 is 9.05 Å². The van der Waals surface area contributed by atoms with Crippen molar-refractivity contribution in [3.05, 3.63) is 29.3 Å². The van der Waals surface area contributed by atoms with Gasteiger partial charge in [-0.15, -0.1) is 0 Å². The summed E-state index contributed by atoms with van der Waals surface area (Å²) in [5.74, 6) is 0.477. The van der Waals surface area contributed by atoms with E-state index in [4.69, 9.17) is 10.7 Å². The first-order valence-corrected chi connectivity index (χ1v) is 9.58. The number of hydrogen-bond donors (Lipinski definition) is 1. The van der Waals surface area contributed by atoms with Crippen LogP contribution in [0.1, 0.15) is 48.5 Å². The zero-order chi connectivity index (χ0) is 15.5. The molecule has 1 N–H and O–H groups in total. The molecule has 1 aliphatic rings. The molecule has 6 heteroatoms. The van der Waals surface area contributed by atoms with Crippen molar-refractivity contribution >= 4 is 25.6 Å². The summed E-state index contributed by atoms with van der Waals surface area (Å²) in [5, 5.41) is 2.84. The first-order chi connectivity index (χ1) is 9.91. The van der Waals surface area contributed by atoms with Crippen LogP contribution >= 0.6 is 10.7 Å². The maximum absolute atomic E-state index is 12.1. The average molecular weight is 330 g/mol. The lowest BCUT2D eigenvalue weighted by molar-refractivity contribution is 0.0948. The highest BCUT2D eigenvalue weighted by Gasteiger charge is 2.19. The molecular weight excluding hydrogens is 310 g/mol. The second-order valence-corrected chi connectivity index (χ2v) is 7.99. The highest BCUT2D eigenvalue weighted by atomic mass is 35.7. The van der Waals surface area contributed by atoms with Gasteiger partial charge in [-0.2, -0.15) is 0 Å². The Bertz CT molecular complexity index is 624. The van der Waals surface area contributed by atoms with Gasteiger partial charge in [0.25, 0.3) is 15.0 Å². The lowest BCUT2D eigenvalue weighted by atomic mass is 9.83. The molecule has 0 radical (unpaired) electrons. The summed E-state index contributed by atoms with van der Waals surface area (Å²) >= 11 is 0. The van der Waals surface area contributed by atoms with Gasteiger partial charge in [-0.1, -0.05) is 32.3 Å². The van der Waals surface area contributed by atoms with E-state index in [-0.39, 0.29) is 10.8 Å². The van der Waals surface area contributed by atoms with Gasteiger partial charge in [0.1, 0.15) is 0 Å². The van der Waals surface area contributed by atoms with Crippen molar-refractivity contribution in [2.24, 2.45) is 5.92 Å². The van der Waals surface area contributed by atoms with Crippen molar-refractivity contribution in [3.63, 3.8) is 0 Å². The molecule has 0 heterocycles. The molecule has 1 aromatic carbocycles. The average Bonchev–Trinajstić information content (AvgIpc) is 2.39. The smallest absolute Gasteiger partial charge is 0.261 e. The maximum Gasteiger partial charge on any atom is 0.261 e. The zero-order valence-electron chi connectivity index (χ0n) is 12.1. The molecule has 0 bridgehead atoms. The Morgan fingerprint density at radius 3 is 2.62 bits per heavy atom. The van der Waals surface area contributed by atoms with Gasteiger partial charge >= 0.3 is 0 Å². The third-order valence-corrected chi connectivity index (χ3v) is 5.44. The van der Waals surface area contributed by atoms with E-state index in [9.17, 15) is 13.2 Å². The Balaban J connectivity index is 2.06. The minimum atomic E-state index is -3.84. The summed E-state index contributed by atoms with van der Waals surface area (Å²) in [6, 6.07) is 4.65. The largest absolute Gasteiger partial charge is 0.352 e. The van der Waals surface area contributed by atoms with Crippen molar-refractivity contribution in [2.75, 3.05) is 6.54 Å². The molecule has 4 nitrogen and oxygen atoms in total. The number of amides is 1. The lowest BCUT2D eigenvalue weighted by Gasteiger charge is -2.25. The molecule has 1 amide bonds. The van der Waals surface area contributed by atoms with Crippen molar-refractivity contribution in [1.82, 2.24) is 5.32 Å². The van der Waals surface area contributed by atoms with E-state index in [1.807, 2.05) is 6.92 Å². The fourth-order valence-corrected chi connectivity index (χ4v) is 3.71. The van der Waals surface area contributed by atoms with E-state index in [0.29, 0.717) is 24.1 Å².